The minimum atomic E-state index is 0.0983. The molecule has 0 spiro atoms. The molecule has 4 aromatic rings. The molecule has 1 aromatic heterocycles. The molecule has 3 aromatic carbocycles. The molecule has 1 N–H and O–H groups in total. The molecular weight excluding hydrogens is 430 g/mol. The number of anilines is 1. The van der Waals surface area contributed by atoms with Crippen LogP contribution in [0.15, 0.2) is 85.2 Å². The summed E-state index contributed by atoms with van der Waals surface area (Å²) in [6, 6.07) is 24.9. The maximum absolute atomic E-state index is 10.7. The monoisotopic (exact) mass is 461 g/mol. The number of carbonyl (C=O) groups is 1. The van der Waals surface area contributed by atoms with Crippen molar-refractivity contribution in [2.75, 3.05) is 4.90 Å². The SMILES string of the molecule is CC(C)c1ccc(N2C(C)Cc3cc(-c4cn[nH]c4)ccc3C2c2ccc(/C=C/C=O)cc2)cc1. The molecule has 176 valence electrons. The zero-order chi connectivity index (χ0) is 24.4. The number of aldehydes is 1. The number of nitrogens with one attached hydrogen (secondary N) is 1. The van der Waals surface area contributed by atoms with E-state index >= 15 is 0 Å². The smallest absolute Gasteiger partial charge is 0.142 e. The number of rotatable bonds is 6. The predicted octanol–water partition coefficient (Wildman–Crippen LogP) is 6.95. The third kappa shape index (κ3) is 4.57. The highest BCUT2D eigenvalue weighted by molar-refractivity contribution is 5.74. The van der Waals surface area contributed by atoms with Crippen LogP contribution in [0.5, 0.6) is 0 Å². The second kappa shape index (κ2) is 9.75. The van der Waals surface area contributed by atoms with Gasteiger partial charge in [-0.15, -0.1) is 0 Å². The maximum Gasteiger partial charge on any atom is 0.142 e. The first-order chi connectivity index (χ1) is 17.0. The van der Waals surface area contributed by atoms with Crippen molar-refractivity contribution in [3.8, 4) is 11.1 Å². The topological polar surface area (TPSA) is 49.0 Å². The highest BCUT2D eigenvalue weighted by Gasteiger charge is 2.33. The van der Waals surface area contributed by atoms with E-state index in [2.05, 4.69) is 103 Å². The molecular formula is C31H31N3O. The number of fused-ring (bicyclic) bond motifs is 1. The molecule has 1 aliphatic heterocycles. The van der Waals surface area contributed by atoms with E-state index in [1.807, 2.05) is 18.5 Å². The lowest BCUT2D eigenvalue weighted by atomic mass is 9.83. The maximum atomic E-state index is 10.7. The van der Waals surface area contributed by atoms with Crippen molar-refractivity contribution in [1.82, 2.24) is 10.2 Å². The molecule has 0 fully saturated rings. The Hall–Kier alpha value is -3.92. The first-order valence-electron chi connectivity index (χ1n) is 12.3. The standard InChI is InChI=1S/C31H31N3O/c1-21(2)24-10-13-29(14-11-24)34-22(3)17-27-18-26(28-19-32-33-20-28)12-15-30(27)31(34)25-8-6-23(7-9-25)5-4-16-35/h4-16,18-22,31H,17H2,1-3H3,(H,32,33)/b5-4+. The van der Waals surface area contributed by atoms with E-state index in [9.17, 15) is 4.79 Å². The van der Waals surface area contributed by atoms with Gasteiger partial charge in [0.2, 0.25) is 0 Å². The van der Waals surface area contributed by atoms with Gasteiger partial charge in [-0.3, -0.25) is 9.89 Å². The Morgan fingerprint density at radius 1 is 1.00 bits per heavy atom. The van der Waals surface area contributed by atoms with Crippen LogP contribution in [0, 0.1) is 0 Å². The van der Waals surface area contributed by atoms with Crippen LogP contribution in [0.4, 0.5) is 5.69 Å². The van der Waals surface area contributed by atoms with E-state index in [1.165, 1.54) is 39.6 Å². The van der Waals surface area contributed by atoms with Crippen molar-refractivity contribution in [2.24, 2.45) is 0 Å². The number of H-pyrrole nitrogens is 1. The molecule has 0 saturated heterocycles. The van der Waals surface area contributed by atoms with Crippen LogP contribution in [0.2, 0.25) is 0 Å². The average molecular weight is 462 g/mol. The number of hydrogen-bond donors (Lipinski definition) is 1. The van der Waals surface area contributed by atoms with E-state index in [0.29, 0.717) is 12.0 Å². The van der Waals surface area contributed by atoms with Crippen LogP contribution in [0.1, 0.15) is 60.5 Å². The molecule has 0 radical (unpaired) electrons. The first kappa shape index (κ1) is 22.9. The lowest BCUT2D eigenvalue weighted by Gasteiger charge is -2.44. The van der Waals surface area contributed by atoms with Crippen LogP contribution in [-0.2, 0) is 11.2 Å². The fourth-order valence-corrected chi connectivity index (χ4v) is 5.17. The fraction of sp³-hybridized carbons (Fsp3) is 0.226. The van der Waals surface area contributed by atoms with Gasteiger partial charge in [-0.2, -0.15) is 5.10 Å². The molecule has 2 atom stereocenters. The summed E-state index contributed by atoms with van der Waals surface area (Å²) >= 11 is 0. The lowest BCUT2D eigenvalue weighted by molar-refractivity contribution is -0.104. The Morgan fingerprint density at radius 2 is 1.77 bits per heavy atom. The van der Waals surface area contributed by atoms with Gasteiger partial charge in [-0.05, 0) is 70.9 Å². The minimum Gasteiger partial charge on any atom is -0.357 e. The Kier molecular flexibility index (Phi) is 6.37. The van der Waals surface area contributed by atoms with Crippen molar-refractivity contribution >= 4 is 18.0 Å². The van der Waals surface area contributed by atoms with Gasteiger partial charge in [-0.25, -0.2) is 0 Å². The molecule has 2 heterocycles. The van der Waals surface area contributed by atoms with E-state index in [-0.39, 0.29) is 6.04 Å². The highest BCUT2D eigenvalue weighted by atomic mass is 16.1. The summed E-state index contributed by atoms with van der Waals surface area (Å²) in [7, 11) is 0. The summed E-state index contributed by atoms with van der Waals surface area (Å²) in [6.45, 7) is 6.78. The second-order valence-electron chi connectivity index (χ2n) is 9.67. The van der Waals surface area contributed by atoms with Crippen LogP contribution in [0.25, 0.3) is 17.2 Å². The molecule has 0 saturated carbocycles. The summed E-state index contributed by atoms with van der Waals surface area (Å²) in [5.41, 5.74) is 9.86. The van der Waals surface area contributed by atoms with Gasteiger partial charge in [0, 0.05) is 23.5 Å². The average Bonchev–Trinajstić information content (AvgIpc) is 3.42. The quantitative estimate of drug-likeness (QED) is 0.250. The number of nitrogens with zero attached hydrogens (tertiary/aromatic N) is 2. The van der Waals surface area contributed by atoms with E-state index in [0.717, 1.165) is 23.8 Å². The van der Waals surface area contributed by atoms with Gasteiger partial charge < -0.3 is 4.90 Å². The normalized spacial score (nSPS) is 17.7. The lowest BCUT2D eigenvalue weighted by Crippen LogP contribution is -2.42. The van der Waals surface area contributed by atoms with Crippen LogP contribution < -0.4 is 4.90 Å². The Labute approximate surface area is 207 Å². The molecule has 0 amide bonds. The Balaban J connectivity index is 1.61. The summed E-state index contributed by atoms with van der Waals surface area (Å²) in [5, 5.41) is 7.05. The van der Waals surface area contributed by atoms with Crippen LogP contribution >= 0.6 is 0 Å². The van der Waals surface area contributed by atoms with Crippen molar-refractivity contribution < 1.29 is 4.79 Å². The van der Waals surface area contributed by atoms with Gasteiger partial charge in [0.1, 0.15) is 6.29 Å². The van der Waals surface area contributed by atoms with Crippen molar-refractivity contribution in [2.45, 2.75) is 45.2 Å². The summed E-state index contributed by atoms with van der Waals surface area (Å²) in [6.07, 6.45) is 8.98. The van der Waals surface area contributed by atoms with Gasteiger partial charge in [0.15, 0.2) is 0 Å². The zero-order valence-corrected chi connectivity index (χ0v) is 20.5. The molecule has 0 bridgehead atoms. The molecule has 4 heteroatoms. The molecule has 5 rings (SSSR count). The first-order valence-corrected chi connectivity index (χ1v) is 12.3. The van der Waals surface area contributed by atoms with Crippen LogP contribution in [-0.4, -0.2) is 22.5 Å². The summed E-state index contributed by atoms with van der Waals surface area (Å²) in [5.74, 6) is 0.507. The van der Waals surface area contributed by atoms with Gasteiger partial charge >= 0.3 is 0 Å². The second-order valence-corrected chi connectivity index (χ2v) is 9.67. The van der Waals surface area contributed by atoms with Crippen molar-refractivity contribution in [3.05, 3.63) is 113 Å². The van der Waals surface area contributed by atoms with Gasteiger partial charge in [0.25, 0.3) is 0 Å². The van der Waals surface area contributed by atoms with Crippen molar-refractivity contribution in [1.29, 1.82) is 0 Å². The van der Waals surface area contributed by atoms with E-state index < -0.39 is 0 Å². The van der Waals surface area contributed by atoms with Gasteiger partial charge in [-0.1, -0.05) is 74.5 Å². The third-order valence-electron chi connectivity index (χ3n) is 7.01. The summed E-state index contributed by atoms with van der Waals surface area (Å²) < 4.78 is 0. The molecule has 4 nitrogen and oxygen atoms in total. The van der Waals surface area contributed by atoms with Crippen LogP contribution in [0.3, 0.4) is 0 Å². The summed E-state index contributed by atoms with van der Waals surface area (Å²) in [4.78, 5) is 13.3. The third-order valence-corrected chi connectivity index (χ3v) is 7.01. The Bertz CT molecular complexity index is 1320. The van der Waals surface area contributed by atoms with E-state index in [1.54, 1.807) is 0 Å². The number of hydrogen-bond acceptors (Lipinski definition) is 3. The molecule has 2 unspecified atom stereocenters. The molecule has 1 aliphatic rings. The van der Waals surface area contributed by atoms with Gasteiger partial charge in [0.05, 0.1) is 12.2 Å². The predicted molar refractivity (Wildman–Crippen MR) is 144 cm³/mol. The largest absolute Gasteiger partial charge is 0.357 e. The molecule has 35 heavy (non-hydrogen) atoms. The van der Waals surface area contributed by atoms with Crippen molar-refractivity contribution in [3.63, 3.8) is 0 Å². The number of benzene rings is 3. The Morgan fingerprint density at radius 3 is 2.43 bits per heavy atom. The number of aromatic amines is 1. The number of carbonyl (C=O) groups excluding carboxylic acids is 1. The fourth-order valence-electron chi connectivity index (χ4n) is 5.17. The molecule has 0 aliphatic carbocycles. The highest BCUT2D eigenvalue weighted by Crippen LogP contribution is 2.42. The number of aromatic nitrogens is 2. The zero-order valence-electron chi connectivity index (χ0n) is 20.5. The van der Waals surface area contributed by atoms with E-state index in [4.69, 9.17) is 0 Å². The number of allylic oxidation sites excluding steroid dienone is 1. The minimum absolute atomic E-state index is 0.0983.